The zero-order valence-electron chi connectivity index (χ0n) is 8.79. The summed E-state index contributed by atoms with van der Waals surface area (Å²) in [7, 11) is 0. The van der Waals surface area contributed by atoms with E-state index in [-0.39, 0.29) is 17.1 Å². The number of hydrogen-bond donors (Lipinski definition) is 1. The van der Waals surface area contributed by atoms with Gasteiger partial charge in [0, 0.05) is 16.5 Å². The van der Waals surface area contributed by atoms with E-state index in [1.807, 2.05) is 0 Å². The fourth-order valence-electron chi connectivity index (χ4n) is 1.28. The van der Waals surface area contributed by atoms with Gasteiger partial charge in [-0.2, -0.15) is 0 Å². The first-order valence-corrected chi connectivity index (χ1v) is 6.03. The van der Waals surface area contributed by atoms with Gasteiger partial charge in [-0.25, -0.2) is 4.98 Å². The molecule has 0 bridgehead atoms. The molecule has 1 N–H and O–H groups in total. The van der Waals surface area contributed by atoms with Gasteiger partial charge in [0.25, 0.3) is 11.6 Å². The largest absolute Gasteiger partial charge is 0.315 e. The van der Waals surface area contributed by atoms with Crippen molar-refractivity contribution in [2.75, 3.05) is 5.32 Å². The summed E-state index contributed by atoms with van der Waals surface area (Å²) in [5.74, 6) is -0.512. The van der Waals surface area contributed by atoms with Crippen molar-refractivity contribution in [3.05, 3.63) is 49.9 Å². The van der Waals surface area contributed by atoms with E-state index >= 15 is 0 Å². The van der Waals surface area contributed by atoms with E-state index in [1.165, 1.54) is 35.0 Å². The van der Waals surface area contributed by atoms with Crippen LogP contribution in [0, 0.1) is 10.1 Å². The summed E-state index contributed by atoms with van der Waals surface area (Å²) in [6.45, 7) is 0. The van der Waals surface area contributed by atoms with Gasteiger partial charge in [-0.15, -0.1) is 11.3 Å². The number of halogens is 1. The third-order valence-corrected chi connectivity index (χ3v) is 2.89. The van der Waals surface area contributed by atoms with E-state index in [0.29, 0.717) is 5.02 Å². The van der Waals surface area contributed by atoms with Gasteiger partial charge in [0.2, 0.25) is 0 Å². The Balaban J connectivity index is 2.31. The van der Waals surface area contributed by atoms with Crippen LogP contribution in [0.1, 0.15) is 10.5 Å². The van der Waals surface area contributed by atoms with Crippen LogP contribution in [-0.4, -0.2) is 15.8 Å². The molecule has 0 aliphatic heterocycles. The molecule has 1 amide bonds. The number of nitrogens with zero attached hydrogens (tertiary/aromatic N) is 2. The van der Waals surface area contributed by atoms with Crippen LogP contribution in [-0.2, 0) is 0 Å². The van der Waals surface area contributed by atoms with Gasteiger partial charge in [0.15, 0.2) is 0 Å². The minimum Gasteiger partial charge on any atom is -0.315 e. The number of anilines is 1. The third kappa shape index (κ3) is 2.63. The molecule has 2 aromatic rings. The van der Waals surface area contributed by atoms with Crippen LogP contribution in [0.4, 0.5) is 11.4 Å². The second-order valence-corrected chi connectivity index (χ2v) is 4.40. The van der Waals surface area contributed by atoms with Crippen molar-refractivity contribution in [3.8, 4) is 0 Å². The molecule has 1 heterocycles. The normalized spacial score (nSPS) is 10.1. The lowest BCUT2D eigenvalue weighted by molar-refractivity contribution is -0.383. The summed E-state index contributed by atoms with van der Waals surface area (Å²) in [5, 5.41) is 15.1. The molecule has 8 heteroatoms. The SMILES string of the molecule is O=C(Nc1cc(Cl)ccc1[N+](=O)[O-])c1cscn1. The van der Waals surface area contributed by atoms with Crippen LogP contribution >= 0.6 is 22.9 Å². The van der Waals surface area contributed by atoms with E-state index < -0.39 is 10.8 Å². The number of carbonyl (C=O) groups is 1. The maximum Gasteiger partial charge on any atom is 0.292 e. The van der Waals surface area contributed by atoms with Crippen molar-refractivity contribution in [3.63, 3.8) is 0 Å². The monoisotopic (exact) mass is 283 g/mol. The van der Waals surface area contributed by atoms with Crippen LogP contribution in [0.5, 0.6) is 0 Å². The number of carbonyl (C=O) groups excluding carboxylic acids is 1. The van der Waals surface area contributed by atoms with Crippen LogP contribution in [0.25, 0.3) is 0 Å². The summed E-state index contributed by atoms with van der Waals surface area (Å²) >= 11 is 7.00. The molecule has 18 heavy (non-hydrogen) atoms. The Morgan fingerprint density at radius 2 is 2.28 bits per heavy atom. The second-order valence-electron chi connectivity index (χ2n) is 3.25. The number of nitro benzene ring substituents is 1. The number of benzene rings is 1. The third-order valence-electron chi connectivity index (χ3n) is 2.07. The van der Waals surface area contributed by atoms with Crippen LogP contribution in [0.2, 0.25) is 5.02 Å². The van der Waals surface area contributed by atoms with E-state index in [9.17, 15) is 14.9 Å². The molecule has 1 aromatic heterocycles. The number of rotatable bonds is 3. The molecule has 0 atom stereocenters. The molecule has 0 radical (unpaired) electrons. The van der Waals surface area contributed by atoms with Gasteiger partial charge >= 0.3 is 0 Å². The van der Waals surface area contributed by atoms with Crippen LogP contribution in [0.3, 0.4) is 0 Å². The van der Waals surface area contributed by atoms with Gasteiger partial charge in [0.1, 0.15) is 11.4 Å². The Kier molecular flexibility index (Phi) is 3.54. The van der Waals surface area contributed by atoms with E-state index in [2.05, 4.69) is 10.3 Å². The molecule has 6 nitrogen and oxygen atoms in total. The highest BCUT2D eigenvalue weighted by Crippen LogP contribution is 2.27. The number of thiazole rings is 1. The average molecular weight is 284 g/mol. The lowest BCUT2D eigenvalue weighted by Crippen LogP contribution is -2.13. The summed E-state index contributed by atoms with van der Waals surface area (Å²) < 4.78 is 0. The Labute approximate surface area is 110 Å². The number of amides is 1. The summed E-state index contributed by atoms with van der Waals surface area (Å²) in [4.78, 5) is 25.7. The molecule has 0 aliphatic carbocycles. The highest BCUT2D eigenvalue weighted by atomic mass is 35.5. The molecule has 0 fully saturated rings. The summed E-state index contributed by atoms with van der Waals surface area (Å²) in [5.41, 5.74) is 1.53. The molecular weight excluding hydrogens is 278 g/mol. The smallest absolute Gasteiger partial charge is 0.292 e. The summed E-state index contributed by atoms with van der Waals surface area (Å²) in [6.07, 6.45) is 0. The van der Waals surface area contributed by atoms with Crippen LogP contribution in [0.15, 0.2) is 29.1 Å². The number of aromatic nitrogens is 1. The molecule has 92 valence electrons. The van der Waals surface area contributed by atoms with Crippen molar-refractivity contribution in [2.45, 2.75) is 0 Å². The first kappa shape index (κ1) is 12.5. The Morgan fingerprint density at radius 3 is 2.89 bits per heavy atom. The molecule has 0 unspecified atom stereocenters. The molecule has 0 saturated heterocycles. The van der Waals surface area contributed by atoms with Gasteiger partial charge in [0.05, 0.1) is 10.4 Å². The van der Waals surface area contributed by atoms with Gasteiger partial charge in [-0.3, -0.25) is 14.9 Å². The Morgan fingerprint density at radius 1 is 1.50 bits per heavy atom. The zero-order valence-corrected chi connectivity index (χ0v) is 10.4. The molecule has 0 aliphatic rings. The van der Waals surface area contributed by atoms with Crippen molar-refractivity contribution in [1.29, 1.82) is 0 Å². The zero-order chi connectivity index (χ0) is 13.1. The first-order chi connectivity index (χ1) is 8.58. The Hall–Kier alpha value is -1.99. The fraction of sp³-hybridized carbons (Fsp3) is 0. The predicted molar refractivity (Wildman–Crippen MR) is 68.2 cm³/mol. The fourth-order valence-corrected chi connectivity index (χ4v) is 1.98. The minimum absolute atomic E-state index is 0.0468. The van der Waals surface area contributed by atoms with Crippen LogP contribution < -0.4 is 5.32 Å². The van der Waals surface area contributed by atoms with Gasteiger partial charge in [-0.05, 0) is 12.1 Å². The maximum absolute atomic E-state index is 11.7. The Bertz CT molecular complexity index is 600. The number of hydrogen-bond acceptors (Lipinski definition) is 5. The summed E-state index contributed by atoms with van der Waals surface area (Å²) in [6, 6.07) is 3.95. The molecular formula is C10H6ClN3O3S. The van der Waals surface area contributed by atoms with Crippen molar-refractivity contribution in [1.82, 2.24) is 4.98 Å². The maximum atomic E-state index is 11.7. The van der Waals surface area contributed by atoms with Gasteiger partial charge in [-0.1, -0.05) is 11.6 Å². The van der Waals surface area contributed by atoms with E-state index in [1.54, 1.807) is 5.38 Å². The number of nitro groups is 1. The van der Waals surface area contributed by atoms with Crippen molar-refractivity contribution < 1.29 is 9.72 Å². The lowest BCUT2D eigenvalue weighted by atomic mass is 10.2. The molecule has 0 spiro atoms. The quantitative estimate of drug-likeness (QED) is 0.693. The van der Waals surface area contributed by atoms with E-state index in [4.69, 9.17) is 11.6 Å². The molecule has 0 saturated carbocycles. The van der Waals surface area contributed by atoms with E-state index in [0.717, 1.165) is 0 Å². The molecule has 2 rings (SSSR count). The highest BCUT2D eigenvalue weighted by Gasteiger charge is 2.17. The topological polar surface area (TPSA) is 85.1 Å². The van der Waals surface area contributed by atoms with Crippen molar-refractivity contribution in [2.24, 2.45) is 0 Å². The second kappa shape index (κ2) is 5.11. The standard InChI is InChI=1S/C10H6ClN3O3S/c11-6-1-2-9(14(16)17)7(3-6)13-10(15)8-4-18-5-12-8/h1-5H,(H,13,15). The van der Waals surface area contributed by atoms with Crippen molar-refractivity contribution >= 4 is 40.2 Å². The first-order valence-electron chi connectivity index (χ1n) is 4.71. The minimum atomic E-state index is -0.590. The lowest BCUT2D eigenvalue weighted by Gasteiger charge is -2.04. The molecule has 1 aromatic carbocycles. The average Bonchev–Trinajstić information content (AvgIpc) is 2.81. The number of nitrogens with one attached hydrogen (secondary N) is 1. The predicted octanol–water partition coefficient (Wildman–Crippen LogP) is 2.96. The highest BCUT2D eigenvalue weighted by molar-refractivity contribution is 7.07. The van der Waals surface area contributed by atoms with Gasteiger partial charge < -0.3 is 5.32 Å².